The number of ketones is 1. The Kier molecular flexibility index (Phi) is 3.56. The lowest BCUT2D eigenvalue weighted by Gasteiger charge is -2.31. The Bertz CT molecular complexity index is 414. The number of carbonyl (C=O) groups is 3. The van der Waals surface area contributed by atoms with Crippen LogP contribution in [0.4, 0.5) is 8.78 Å². The maximum Gasteiger partial charge on any atom is 0.326 e. The van der Waals surface area contributed by atoms with Gasteiger partial charge in [-0.25, -0.2) is 13.6 Å². The lowest BCUT2D eigenvalue weighted by atomic mass is 9.86. The standard InChI is InChI=1S/C12H15F2NO4/c13-12(14)3-1-7(2-4-12)10(17)15-6-8(16)5-9(15)11(18)19/h7,9H,1-6H2,(H,18,19)/t9-/m0/s1. The van der Waals surface area contributed by atoms with Crippen LogP contribution in [0.3, 0.4) is 0 Å². The van der Waals surface area contributed by atoms with Gasteiger partial charge in [-0.2, -0.15) is 0 Å². The summed E-state index contributed by atoms with van der Waals surface area (Å²) in [7, 11) is 0. The van der Waals surface area contributed by atoms with E-state index in [1.54, 1.807) is 0 Å². The fourth-order valence-corrected chi connectivity index (χ4v) is 2.66. The predicted octanol–water partition coefficient (Wildman–Crippen LogP) is 1.07. The van der Waals surface area contributed by atoms with Crippen molar-refractivity contribution < 1.29 is 28.3 Å². The lowest BCUT2D eigenvalue weighted by molar-refractivity contribution is -0.151. The fraction of sp³-hybridized carbons (Fsp3) is 0.750. The average Bonchev–Trinajstić information content (AvgIpc) is 2.70. The molecule has 2 aliphatic rings. The smallest absolute Gasteiger partial charge is 0.326 e. The summed E-state index contributed by atoms with van der Waals surface area (Å²) in [4.78, 5) is 35.4. The van der Waals surface area contributed by atoms with Gasteiger partial charge in [-0.15, -0.1) is 0 Å². The van der Waals surface area contributed by atoms with Crippen LogP contribution in [0.15, 0.2) is 0 Å². The molecular formula is C12H15F2NO4. The SMILES string of the molecule is O=C1C[C@@H](C(=O)O)N(C(=O)C2CCC(F)(F)CC2)C1. The van der Waals surface area contributed by atoms with Gasteiger partial charge in [0, 0.05) is 25.2 Å². The van der Waals surface area contributed by atoms with Crippen LogP contribution in [0, 0.1) is 5.92 Å². The second kappa shape index (κ2) is 4.86. The quantitative estimate of drug-likeness (QED) is 0.818. The number of rotatable bonds is 2. The first kappa shape index (κ1) is 13.9. The van der Waals surface area contributed by atoms with Crippen LogP contribution >= 0.6 is 0 Å². The van der Waals surface area contributed by atoms with Gasteiger partial charge in [0.2, 0.25) is 11.8 Å². The topological polar surface area (TPSA) is 74.7 Å². The summed E-state index contributed by atoms with van der Waals surface area (Å²) in [6, 6.07) is -1.14. The molecule has 0 bridgehead atoms. The maximum absolute atomic E-state index is 13.0. The van der Waals surface area contributed by atoms with Gasteiger partial charge in [0.05, 0.1) is 6.54 Å². The predicted molar refractivity (Wildman–Crippen MR) is 59.7 cm³/mol. The van der Waals surface area contributed by atoms with Crippen LogP contribution in [0.1, 0.15) is 32.1 Å². The van der Waals surface area contributed by atoms with E-state index >= 15 is 0 Å². The number of carbonyl (C=O) groups excluding carboxylic acids is 2. The third-order valence-corrected chi connectivity index (χ3v) is 3.78. The molecule has 0 aromatic carbocycles. The zero-order chi connectivity index (χ0) is 14.2. The second-order valence-electron chi connectivity index (χ2n) is 5.19. The molecule has 1 heterocycles. The molecule has 1 saturated carbocycles. The third kappa shape index (κ3) is 2.90. The van der Waals surface area contributed by atoms with E-state index in [4.69, 9.17) is 5.11 Å². The number of likely N-dealkylation sites (tertiary alicyclic amines) is 1. The molecule has 0 aromatic heterocycles. The molecule has 19 heavy (non-hydrogen) atoms. The molecule has 0 spiro atoms. The molecule has 1 aliphatic carbocycles. The first-order valence-corrected chi connectivity index (χ1v) is 6.23. The second-order valence-corrected chi connectivity index (χ2v) is 5.19. The Morgan fingerprint density at radius 1 is 1.26 bits per heavy atom. The molecule has 1 atom stereocenters. The van der Waals surface area contributed by atoms with Gasteiger partial charge in [0.25, 0.3) is 0 Å². The molecule has 0 radical (unpaired) electrons. The zero-order valence-corrected chi connectivity index (χ0v) is 10.3. The summed E-state index contributed by atoms with van der Waals surface area (Å²) >= 11 is 0. The summed E-state index contributed by atoms with van der Waals surface area (Å²) in [6.45, 7) is -0.220. The van der Waals surface area contributed by atoms with Crippen molar-refractivity contribution in [3.05, 3.63) is 0 Å². The number of amides is 1. The maximum atomic E-state index is 13.0. The van der Waals surface area contributed by atoms with Crippen molar-refractivity contribution in [3.8, 4) is 0 Å². The van der Waals surface area contributed by atoms with Gasteiger partial charge in [-0.05, 0) is 12.8 Å². The normalized spacial score (nSPS) is 27.6. The minimum absolute atomic E-state index is 0.0445. The van der Waals surface area contributed by atoms with Crippen LogP contribution in [0.2, 0.25) is 0 Å². The highest BCUT2D eigenvalue weighted by molar-refractivity contribution is 5.97. The van der Waals surface area contributed by atoms with Crippen LogP contribution in [-0.4, -0.2) is 46.2 Å². The van der Waals surface area contributed by atoms with E-state index in [-0.39, 0.29) is 44.4 Å². The number of carboxylic acid groups (broad SMARTS) is 1. The van der Waals surface area contributed by atoms with E-state index in [2.05, 4.69) is 0 Å². The first-order chi connectivity index (χ1) is 8.80. The van der Waals surface area contributed by atoms with Crippen LogP contribution < -0.4 is 0 Å². The highest BCUT2D eigenvalue weighted by Gasteiger charge is 2.44. The van der Waals surface area contributed by atoms with Crippen molar-refractivity contribution in [2.45, 2.75) is 44.1 Å². The van der Waals surface area contributed by atoms with Crippen molar-refractivity contribution in [1.82, 2.24) is 4.90 Å². The van der Waals surface area contributed by atoms with E-state index in [9.17, 15) is 23.2 Å². The summed E-state index contributed by atoms with van der Waals surface area (Å²) in [5.41, 5.74) is 0. The number of hydrogen-bond acceptors (Lipinski definition) is 3. The Morgan fingerprint density at radius 2 is 1.84 bits per heavy atom. The van der Waals surface area contributed by atoms with Crippen molar-refractivity contribution in [2.75, 3.05) is 6.54 Å². The van der Waals surface area contributed by atoms with Crippen molar-refractivity contribution in [2.24, 2.45) is 5.92 Å². The average molecular weight is 275 g/mol. The Hall–Kier alpha value is -1.53. The summed E-state index contributed by atoms with van der Waals surface area (Å²) in [5.74, 6) is -5.33. The molecule has 0 unspecified atom stereocenters. The van der Waals surface area contributed by atoms with E-state index in [1.807, 2.05) is 0 Å². The van der Waals surface area contributed by atoms with Crippen LogP contribution in [0.5, 0.6) is 0 Å². The monoisotopic (exact) mass is 275 g/mol. The molecule has 5 nitrogen and oxygen atoms in total. The van der Waals surface area contributed by atoms with Gasteiger partial charge in [-0.3, -0.25) is 9.59 Å². The van der Waals surface area contributed by atoms with Gasteiger partial charge in [0.15, 0.2) is 5.78 Å². The zero-order valence-electron chi connectivity index (χ0n) is 10.3. The minimum Gasteiger partial charge on any atom is -0.480 e. The number of aliphatic carboxylic acids is 1. The highest BCUT2D eigenvalue weighted by atomic mass is 19.3. The number of Topliss-reactive ketones (excluding diaryl/α,β-unsaturated/α-hetero) is 1. The van der Waals surface area contributed by atoms with Crippen molar-refractivity contribution in [1.29, 1.82) is 0 Å². The van der Waals surface area contributed by atoms with Gasteiger partial charge < -0.3 is 10.0 Å². The van der Waals surface area contributed by atoms with Gasteiger partial charge in [0.1, 0.15) is 6.04 Å². The third-order valence-electron chi connectivity index (χ3n) is 3.78. The largest absolute Gasteiger partial charge is 0.480 e. The number of hydrogen-bond donors (Lipinski definition) is 1. The Balaban J connectivity index is 2.03. The Labute approximate surface area is 108 Å². The molecule has 0 aromatic rings. The van der Waals surface area contributed by atoms with Gasteiger partial charge >= 0.3 is 5.97 Å². The molecule has 2 fully saturated rings. The molecule has 7 heteroatoms. The highest BCUT2D eigenvalue weighted by Crippen LogP contribution is 2.37. The number of halogens is 2. The lowest BCUT2D eigenvalue weighted by Crippen LogP contribution is -2.45. The molecule has 2 rings (SSSR count). The molecule has 1 N–H and O–H groups in total. The van der Waals surface area contributed by atoms with Crippen molar-refractivity contribution in [3.63, 3.8) is 0 Å². The first-order valence-electron chi connectivity index (χ1n) is 6.23. The van der Waals surface area contributed by atoms with E-state index < -0.39 is 29.8 Å². The number of alkyl halides is 2. The molecule has 1 saturated heterocycles. The fourth-order valence-electron chi connectivity index (χ4n) is 2.66. The summed E-state index contributed by atoms with van der Waals surface area (Å²) in [5, 5.41) is 8.97. The molecule has 1 amide bonds. The molecule has 106 valence electrons. The Morgan fingerprint density at radius 3 is 2.37 bits per heavy atom. The summed E-state index contributed by atoms with van der Waals surface area (Å²) < 4.78 is 26.0. The van der Waals surface area contributed by atoms with E-state index in [0.717, 1.165) is 4.90 Å². The van der Waals surface area contributed by atoms with Crippen LogP contribution in [0.25, 0.3) is 0 Å². The minimum atomic E-state index is -2.73. The molecule has 1 aliphatic heterocycles. The van der Waals surface area contributed by atoms with E-state index in [0.29, 0.717) is 0 Å². The van der Waals surface area contributed by atoms with Crippen molar-refractivity contribution >= 4 is 17.7 Å². The van der Waals surface area contributed by atoms with Gasteiger partial charge in [-0.1, -0.05) is 0 Å². The van der Waals surface area contributed by atoms with E-state index in [1.165, 1.54) is 0 Å². The molecular weight excluding hydrogens is 260 g/mol. The summed E-state index contributed by atoms with van der Waals surface area (Å²) in [6.07, 6.45) is -0.818. The van der Waals surface area contributed by atoms with Crippen LogP contribution in [-0.2, 0) is 14.4 Å². The number of nitrogens with zero attached hydrogens (tertiary/aromatic N) is 1. The number of carboxylic acids is 1.